The Bertz CT molecular complexity index is 1150. The van der Waals surface area contributed by atoms with Crippen LogP contribution in [0.3, 0.4) is 0 Å². The number of furan rings is 1. The molecule has 2 heterocycles. The van der Waals surface area contributed by atoms with Gasteiger partial charge in [0, 0.05) is 13.6 Å². The molecule has 0 saturated heterocycles. The van der Waals surface area contributed by atoms with Crippen molar-refractivity contribution in [3.05, 3.63) is 89.5 Å². The van der Waals surface area contributed by atoms with Crippen LogP contribution < -0.4 is 9.47 Å². The highest BCUT2D eigenvalue weighted by Gasteiger charge is 2.41. The summed E-state index contributed by atoms with van der Waals surface area (Å²) >= 11 is 0. The maximum atomic E-state index is 13.5. The molecule has 1 aromatic heterocycles. The van der Waals surface area contributed by atoms with E-state index in [0.717, 1.165) is 5.56 Å². The number of hydrogen-bond donors (Lipinski definition) is 0. The summed E-state index contributed by atoms with van der Waals surface area (Å²) in [4.78, 5) is 29.9. The standard InChI is InChI=1S/C25H24N2O5/c1-26(15-17-8-5-4-6-9-17)23-22(18-11-12-20(30-2)21(14-18)31-3)24(28)27(25(23)29)16-19-10-7-13-32-19/h4-14H,15-16H2,1-3H3. The van der Waals surface area contributed by atoms with Gasteiger partial charge in [-0.05, 0) is 35.4 Å². The van der Waals surface area contributed by atoms with Crippen LogP contribution in [-0.2, 0) is 22.7 Å². The average Bonchev–Trinajstić information content (AvgIpc) is 3.41. The lowest BCUT2D eigenvalue weighted by atomic mass is 10.0. The molecule has 0 atom stereocenters. The zero-order valence-corrected chi connectivity index (χ0v) is 18.2. The summed E-state index contributed by atoms with van der Waals surface area (Å²) in [5.41, 5.74) is 2.26. The van der Waals surface area contributed by atoms with Crippen molar-refractivity contribution in [2.75, 3.05) is 21.3 Å². The van der Waals surface area contributed by atoms with Gasteiger partial charge in [0.1, 0.15) is 11.5 Å². The number of carbonyl (C=O) groups is 2. The van der Waals surface area contributed by atoms with E-state index in [-0.39, 0.29) is 18.4 Å². The molecule has 7 heteroatoms. The Morgan fingerprint density at radius 1 is 0.906 bits per heavy atom. The first-order valence-corrected chi connectivity index (χ1v) is 10.1. The third-order valence-electron chi connectivity index (χ3n) is 5.35. The van der Waals surface area contributed by atoms with Crippen LogP contribution in [0.5, 0.6) is 11.5 Å². The summed E-state index contributed by atoms with van der Waals surface area (Å²) < 4.78 is 16.1. The molecule has 0 unspecified atom stereocenters. The van der Waals surface area contributed by atoms with Gasteiger partial charge in [0.2, 0.25) is 0 Å². The molecule has 0 bridgehead atoms. The topological polar surface area (TPSA) is 72.2 Å². The van der Waals surface area contributed by atoms with Gasteiger partial charge in [-0.2, -0.15) is 0 Å². The third-order valence-corrected chi connectivity index (χ3v) is 5.35. The molecule has 0 saturated carbocycles. The minimum atomic E-state index is -0.381. The van der Waals surface area contributed by atoms with Crippen molar-refractivity contribution in [2.24, 2.45) is 0 Å². The lowest BCUT2D eigenvalue weighted by molar-refractivity contribution is -0.138. The van der Waals surface area contributed by atoms with Gasteiger partial charge >= 0.3 is 0 Å². The molecule has 0 spiro atoms. The van der Waals surface area contributed by atoms with E-state index in [2.05, 4.69) is 0 Å². The molecular formula is C25H24N2O5. The summed E-state index contributed by atoms with van der Waals surface area (Å²) in [6.07, 6.45) is 1.52. The molecule has 0 radical (unpaired) electrons. The molecule has 1 aliphatic heterocycles. The number of nitrogens with zero attached hydrogens (tertiary/aromatic N) is 2. The number of imide groups is 1. The maximum absolute atomic E-state index is 13.5. The Hall–Kier alpha value is -4.00. The molecule has 164 valence electrons. The van der Waals surface area contributed by atoms with Crippen molar-refractivity contribution in [1.82, 2.24) is 9.80 Å². The summed E-state index contributed by atoms with van der Waals surface area (Å²) in [7, 11) is 4.89. The lowest BCUT2D eigenvalue weighted by Gasteiger charge is -2.21. The van der Waals surface area contributed by atoms with Crippen molar-refractivity contribution < 1.29 is 23.5 Å². The molecule has 0 aliphatic carbocycles. The number of benzene rings is 2. The lowest BCUT2D eigenvalue weighted by Crippen LogP contribution is -2.33. The van der Waals surface area contributed by atoms with Crippen LogP contribution in [0.15, 0.2) is 77.0 Å². The van der Waals surface area contributed by atoms with Crippen LogP contribution in [0.25, 0.3) is 5.57 Å². The minimum absolute atomic E-state index is 0.0597. The number of hydrogen-bond acceptors (Lipinski definition) is 6. The van der Waals surface area contributed by atoms with Gasteiger partial charge in [0.15, 0.2) is 11.5 Å². The van der Waals surface area contributed by atoms with Crippen molar-refractivity contribution >= 4 is 17.4 Å². The molecule has 2 aromatic carbocycles. The van der Waals surface area contributed by atoms with Crippen LogP contribution >= 0.6 is 0 Å². The first-order valence-electron chi connectivity index (χ1n) is 10.1. The van der Waals surface area contributed by atoms with E-state index in [9.17, 15) is 9.59 Å². The Morgan fingerprint density at radius 2 is 1.66 bits per heavy atom. The fourth-order valence-corrected chi connectivity index (χ4v) is 3.81. The SMILES string of the molecule is COc1ccc(C2=C(N(C)Cc3ccccc3)C(=O)N(Cc3ccco3)C2=O)cc1OC. The van der Waals surface area contributed by atoms with Gasteiger partial charge in [-0.25, -0.2) is 0 Å². The van der Waals surface area contributed by atoms with E-state index in [0.29, 0.717) is 40.6 Å². The predicted molar refractivity (Wildman–Crippen MR) is 119 cm³/mol. The summed E-state index contributed by atoms with van der Waals surface area (Å²) in [5, 5.41) is 0. The second-order valence-electron chi connectivity index (χ2n) is 7.41. The molecule has 1 aliphatic rings. The van der Waals surface area contributed by atoms with Crippen molar-refractivity contribution in [3.63, 3.8) is 0 Å². The first-order chi connectivity index (χ1) is 15.5. The number of amides is 2. The van der Waals surface area contributed by atoms with E-state index < -0.39 is 0 Å². The Kier molecular flexibility index (Phi) is 5.98. The van der Waals surface area contributed by atoms with Crippen LogP contribution in [0.4, 0.5) is 0 Å². The highest BCUT2D eigenvalue weighted by molar-refractivity contribution is 6.35. The van der Waals surface area contributed by atoms with E-state index in [1.165, 1.54) is 18.3 Å². The van der Waals surface area contributed by atoms with E-state index in [1.54, 1.807) is 37.4 Å². The largest absolute Gasteiger partial charge is 0.493 e. The monoisotopic (exact) mass is 432 g/mol. The second-order valence-corrected chi connectivity index (χ2v) is 7.41. The summed E-state index contributed by atoms with van der Waals surface area (Å²) in [6.45, 7) is 0.532. The zero-order chi connectivity index (χ0) is 22.7. The third kappa shape index (κ3) is 3.97. The number of carbonyl (C=O) groups excluding carboxylic acids is 2. The van der Waals surface area contributed by atoms with Gasteiger partial charge in [-0.1, -0.05) is 36.4 Å². The molecule has 7 nitrogen and oxygen atoms in total. The Labute approximate surface area is 186 Å². The van der Waals surface area contributed by atoms with Gasteiger partial charge in [-0.3, -0.25) is 14.5 Å². The van der Waals surface area contributed by atoms with E-state index in [4.69, 9.17) is 13.9 Å². The summed E-state index contributed by atoms with van der Waals surface area (Å²) in [5.74, 6) is 0.807. The number of ether oxygens (including phenoxy) is 2. The summed E-state index contributed by atoms with van der Waals surface area (Å²) in [6, 6.07) is 18.4. The van der Waals surface area contributed by atoms with Crippen molar-refractivity contribution in [1.29, 1.82) is 0 Å². The quantitative estimate of drug-likeness (QED) is 0.506. The van der Waals surface area contributed by atoms with Crippen LogP contribution in [0, 0.1) is 0 Å². The van der Waals surface area contributed by atoms with E-state index >= 15 is 0 Å². The van der Waals surface area contributed by atoms with Gasteiger partial charge in [0.25, 0.3) is 11.8 Å². The smallest absolute Gasteiger partial charge is 0.278 e. The Balaban J connectivity index is 1.77. The molecule has 0 fully saturated rings. The van der Waals surface area contributed by atoms with Gasteiger partial charge in [-0.15, -0.1) is 0 Å². The molecule has 3 aromatic rings. The van der Waals surface area contributed by atoms with Crippen LogP contribution in [0.1, 0.15) is 16.9 Å². The first kappa shape index (κ1) is 21.2. The number of methoxy groups -OCH3 is 2. The molecule has 2 amide bonds. The number of rotatable bonds is 8. The van der Waals surface area contributed by atoms with Crippen molar-refractivity contribution in [3.8, 4) is 11.5 Å². The highest BCUT2D eigenvalue weighted by Crippen LogP contribution is 2.37. The minimum Gasteiger partial charge on any atom is -0.493 e. The fraction of sp³-hybridized carbons (Fsp3) is 0.200. The molecular weight excluding hydrogens is 408 g/mol. The Morgan fingerprint density at radius 3 is 2.31 bits per heavy atom. The van der Waals surface area contributed by atoms with Crippen LogP contribution in [0.2, 0.25) is 0 Å². The fourth-order valence-electron chi connectivity index (χ4n) is 3.81. The van der Waals surface area contributed by atoms with Crippen molar-refractivity contribution in [2.45, 2.75) is 13.1 Å². The molecule has 0 N–H and O–H groups in total. The number of likely N-dealkylation sites (N-methyl/N-ethyl adjacent to an activating group) is 1. The zero-order valence-electron chi connectivity index (χ0n) is 18.2. The average molecular weight is 432 g/mol. The van der Waals surface area contributed by atoms with Crippen LogP contribution in [-0.4, -0.2) is 42.9 Å². The second kappa shape index (κ2) is 9.01. The normalized spacial score (nSPS) is 13.7. The van der Waals surface area contributed by atoms with Gasteiger partial charge in [0.05, 0.1) is 32.6 Å². The highest BCUT2D eigenvalue weighted by atomic mass is 16.5. The molecule has 32 heavy (non-hydrogen) atoms. The maximum Gasteiger partial charge on any atom is 0.278 e. The van der Waals surface area contributed by atoms with E-state index in [1.807, 2.05) is 42.3 Å². The predicted octanol–water partition coefficient (Wildman–Crippen LogP) is 3.71. The molecule has 4 rings (SSSR count). The van der Waals surface area contributed by atoms with Gasteiger partial charge < -0.3 is 18.8 Å².